The molecular weight excluding hydrogens is 278 g/mol. The van der Waals surface area contributed by atoms with E-state index in [2.05, 4.69) is 31.2 Å². The quantitative estimate of drug-likeness (QED) is 0.729. The first kappa shape index (κ1) is 15.7. The van der Waals surface area contributed by atoms with Gasteiger partial charge in [0, 0.05) is 5.41 Å². The van der Waals surface area contributed by atoms with Gasteiger partial charge in [-0.1, -0.05) is 37.6 Å². The molecule has 126 valence electrons. The zero-order valence-corrected chi connectivity index (χ0v) is 14.8. The van der Waals surface area contributed by atoms with Crippen LogP contribution in [-0.4, -0.2) is 6.54 Å². The van der Waals surface area contributed by atoms with E-state index >= 15 is 0 Å². The second-order valence-corrected chi connectivity index (χ2v) is 8.64. The number of unbranched alkanes of at least 4 members (excludes halogenated alkanes) is 1. The van der Waals surface area contributed by atoms with E-state index in [9.17, 15) is 0 Å². The Hall–Kier alpha value is -0.820. The van der Waals surface area contributed by atoms with Gasteiger partial charge < -0.3 is 5.73 Å². The van der Waals surface area contributed by atoms with Crippen LogP contribution in [0, 0.1) is 23.7 Å². The Morgan fingerprint density at radius 1 is 0.913 bits per heavy atom. The molecule has 0 radical (unpaired) electrons. The van der Waals surface area contributed by atoms with Crippen molar-refractivity contribution in [2.75, 3.05) is 6.54 Å². The van der Waals surface area contributed by atoms with Crippen LogP contribution in [0.3, 0.4) is 0 Å². The lowest BCUT2D eigenvalue weighted by molar-refractivity contribution is -0.0659. The van der Waals surface area contributed by atoms with Gasteiger partial charge in [-0.2, -0.15) is 0 Å². The molecule has 0 unspecified atom stereocenters. The fraction of sp³-hybridized carbons (Fsp3) is 0.727. The Balaban J connectivity index is 1.69. The molecule has 23 heavy (non-hydrogen) atoms. The fourth-order valence-electron chi connectivity index (χ4n) is 6.66. The lowest BCUT2D eigenvalue weighted by Gasteiger charge is -2.62. The summed E-state index contributed by atoms with van der Waals surface area (Å²) >= 11 is 0. The van der Waals surface area contributed by atoms with Crippen LogP contribution in [0.1, 0.15) is 69.4 Å². The van der Waals surface area contributed by atoms with Crippen molar-refractivity contribution in [2.45, 2.75) is 70.1 Å². The van der Waals surface area contributed by atoms with E-state index in [-0.39, 0.29) is 0 Å². The predicted octanol–water partition coefficient (Wildman–Crippen LogP) is 5.07. The van der Waals surface area contributed by atoms with Crippen LogP contribution in [0.5, 0.6) is 0 Å². The van der Waals surface area contributed by atoms with Gasteiger partial charge in [0.05, 0.1) is 0 Å². The van der Waals surface area contributed by atoms with Crippen LogP contribution in [0.15, 0.2) is 24.3 Å². The monoisotopic (exact) mass is 311 g/mol. The van der Waals surface area contributed by atoms with Crippen LogP contribution in [0.25, 0.3) is 0 Å². The Kier molecular flexibility index (Phi) is 4.26. The summed E-state index contributed by atoms with van der Waals surface area (Å²) in [5, 5.41) is 0. The van der Waals surface area contributed by atoms with Gasteiger partial charge in [-0.25, -0.2) is 0 Å². The van der Waals surface area contributed by atoms with Gasteiger partial charge >= 0.3 is 0 Å². The van der Waals surface area contributed by atoms with E-state index in [0.717, 1.165) is 36.6 Å². The highest BCUT2D eigenvalue weighted by Crippen LogP contribution is 2.64. The zero-order chi connectivity index (χ0) is 15.9. The van der Waals surface area contributed by atoms with Crippen molar-refractivity contribution in [2.24, 2.45) is 29.4 Å². The summed E-state index contributed by atoms with van der Waals surface area (Å²) < 4.78 is 0. The highest BCUT2D eigenvalue weighted by Gasteiger charge is 2.57. The molecule has 2 N–H and O–H groups in total. The SMILES string of the molecule is CCc1ccc(C2(CCCCN)C3CC4CC(C3)CC2C4)cc1. The molecular formula is C22H33N. The number of hydrogen-bond acceptors (Lipinski definition) is 1. The Bertz CT molecular complexity index is 501. The molecule has 4 saturated carbocycles. The average molecular weight is 312 g/mol. The fourth-order valence-corrected chi connectivity index (χ4v) is 6.66. The van der Waals surface area contributed by atoms with Crippen LogP contribution in [0.2, 0.25) is 0 Å². The first-order valence-electron chi connectivity index (χ1n) is 10.1. The molecule has 1 aromatic rings. The molecule has 4 aliphatic carbocycles. The maximum atomic E-state index is 5.81. The lowest BCUT2D eigenvalue weighted by atomic mass is 9.43. The summed E-state index contributed by atoms with van der Waals surface area (Å²) in [6.07, 6.45) is 12.6. The van der Waals surface area contributed by atoms with Crippen molar-refractivity contribution in [3.63, 3.8) is 0 Å². The van der Waals surface area contributed by atoms with Gasteiger partial charge in [-0.15, -0.1) is 0 Å². The molecule has 5 rings (SSSR count). The Morgan fingerprint density at radius 3 is 2.04 bits per heavy atom. The summed E-state index contributed by atoms with van der Waals surface area (Å²) in [7, 11) is 0. The maximum Gasteiger partial charge on any atom is 0.000987 e. The van der Waals surface area contributed by atoms with Crippen LogP contribution in [-0.2, 0) is 11.8 Å². The van der Waals surface area contributed by atoms with E-state index in [1.807, 2.05) is 0 Å². The summed E-state index contributed by atoms with van der Waals surface area (Å²) in [6, 6.07) is 9.77. The van der Waals surface area contributed by atoms with Crippen LogP contribution >= 0.6 is 0 Å². The number of nitrogens with two attached hydrogens (primary N) is 1. The van der Waals surface area contributed by atoms with Crippen LogP contribution < -0.4 is 5.73 Å². The van der Waals surface area contributed by atoms with E-state index in [1.165, 1.54) is 50.5 Å². The molecule has 4 fully saturated rings. The first-order valence-corrected chi connectivity index (χ1v) is 10.1. The van der Waals surface area contributed by atoms with Crippen molar-refractivity contribution < 1.29 is 0 Å². The highest BCUT2D eigenvalue weighted by atomic mass is 14.6. The molecule has 0 spiro atoms. The third-order valence-corrected chi connectivity index (χ3v) is 7.54. The van der Waals surface area contributed by atoms with Gasteiger partial charge in [0.15, 0.2) is 0 Å². The summed E-state index contributed by atoms with van der Waals surface area (Å²) in [6.45, 7) is 3.11. The van der Waals surface area contributed by atoms with Gasteiger partial charge in [0.25, 0.3) is 0 Å². The number of rotatable bonds is 6. The van der Waals surface area contributed by atoms with E-state index in [4.69, 9.17) is 5.73 Å². The molecule has 1 heteroatoms. The summed E-state index contributed by atoms with van der Waals surface area (Å²) in [4.78, 5) is 0. The van der Waals surface area contributed by atoms with E-state index in [0.29, 0.717) is 5.41 Å². The topological polar surface area (TPSA) is 26.0 Å². The second kappa shape index (κ2) is 6.24. The molecule has 0 saturated heterocycles. The van der Waals surface area contributed by atoms with Crippen molar-refractivity contribution >= 4 is 0 Å². The molecule has 0 aliphatic heterocycles. The van der Waals surface area contributed by atoms with Gasteiger partial charge in [0.1, 0.15) is 0 Å². The largest absolute Gasteiger partial charge is 0.330 e. The molecule has 1 aromatic carbocycles. The number of benzene rings is 1. The molecule has 4 aliphatic rings. The minimum Gasteiger partial charge on any atom is -0.330 e. The standard InChI is InChI=1S/C22H33N/c1-2-16-5-7-19(8-6-16)22(9-3-4-10-23)20-12-17-11-18(14-20)15-21(22)13-17/h5-8,17-18,20-21H,2-4,9-15,23H2,1H3. The maximum absolute atomic E-state index is 5.81. The summed E-state index contributed by atoms with van der Waals surface area (Å²) in [5.74, 6) is 4.00. The third-order valence-electron chi connectivity index (χ3n) is 7.54. The second-order valence-electron chi connectivity index (χ2n) is 8.64. The molecule has 1 nitrogen and oxygen atoms in total. The van der Waals surface area contributed by atoms with Crippen molar-refractivity contribution in [1.29, 1.82) is 0 Å². The minimum atomic E-state index is 0.481. The lowest BCUT2D eigenvalue weighted by Crippen LogP contribution is -2.55. The molecule has 0 atom stereocenters. The Morgan fingerprint density at radius 2 is 1.52 bits per heavy atom. The predicted molar refractivity (Wildman–Crippen MR) is 97.4 cm³/mol. The number of aryl methyl sites for hydroxylation is 1. The Labute approximate surface area is 142 Å². The minimum absolute atomic E-state index is 0.481. The van der Waals surface area contributed by atoms with Crippen molar-refractivity contribution in [1.82, 2.24) is 0 Å². The summed E-state index contributed by atoms with van der Waals surface area (Å²) in [5.41, 5.74) is 9.44. The van der Waals surface area contributed by atoms with E-state index < -0.39 is 0 Å². The average Bonchev–Trinajstić information content (AvgIpc) is 2.57. The van der Waals surface area contributed by atoms with E-state index in [1.54, 1.807) is 12.0 Å². The highest BCUT2D eigenvalue weighted by molar-refractivity contribution is 5.33. The van der Waals surface area contributed by atoms with Gasteiger partial charge in [-0.3, -0.25) is 0 Å². The molecule has 4 bridgehead atoms. The zero-order valence-electron chi connectivity index (χ0n) is 14.8. The first-order chi connectivity index (χ1) is 11.3. The number of hydrogen-bond donors (Lipinski definition) is 1. The van der Waals surface area contributed by atoms with Gasteiger partial charge in [0.2, 0.25) is 0 Å². The van der Waals surface area contributed by atoms with Crippen molar-refractivity contribution in [3.05, 3.63) is 35.4 Å². The molecule has 0 amide bonds. The smallest absolute Gasteiger partial charge is 0.000987 e. The van der Waals surface area contributed by atoms with Gasteiger partial charge in [-0.05, 0) is 92.7 Å². The van der Waals surface area contributed by atoms with Crippen LogP contribution in [0.4, 0.5) is 0 Å². The third kappa shape index (κ3) is 2.56. The normalized spacial score (nSPS) is 38.2. The molecule has 0 aromatic heterocycles. The molecule has 0 heterocycles. The van der Waals surface area contributed by atoms with Crippen molar-refractivity contribution in [3.8, 4) is 0 Å².